The van der Waals surface area contributed by atoms with Gasteiger partial charge in [0, 0.05) is 42.5 Å². The molecule has 0 unspecified atom stereocenters. The molecule has 1 saturated heterocycles. The highest BCUT2D eigenvalue weighted by molar-refractivity contribution is 9.10. The molecule has 0 atom stereocenters. The van der Waals surface area contributed by atoms with Crippen LogP contribution in [0, 0.1) is 13.8 Å². The zero-order valence-corrected chi connectivity index (χ0v) is 21.6. The number of aromatic nitrogens is 1. The first-order valence-corrected chi connectivity index (χ1v) is 13.5. The third-order valence-electron chi connectivity index (χ3n) is 5.75. The molecule has 9 heteroatoms. The lowest BCUT2D eigenvalue weighted by Crippen LogP contribution is -2.48. The summed E-state index contributed by atoms with van der Waals surface area (Å²) in [6.45, 7) is 6.27. The topological polar surface area (TPSA) is 62.7 Å². The Morgan fingerprint density at radius 2 is 1.81 bits per heavy atom. The first kappa shape index (κ1) is 23.2. The van der Waals surface area contributed by atoms with Crippen LogP contribution in [0.3, 0.4) is 0 Å². The van der Waals surface area contributed by atoms with Crippen LogP contribution in [-0.2, 0) is 16.4 Å². The monoisotopic (exact) mass is 535 g/mol. The Kier molecular flexibility index (Phi) is 6.90. The van der Waals surface area contributed by atoms with E-state index in [2.05, 4.69) is 58.3 Å². The molecule has 2 heterocycles. The first-order valence-electron chi connectivity index (χ1n) is 10.4. The van der Waals surface area contributed by atoms with Crippen LogP contribution in [0.15, 0.2) is 51.1 Å². The average molecular weight is 537 g/mol. The number of hydrogen-bond donors (Lipinski definition) is 0. The zero-order chi connectivity index (χ0) is 22.9. The summed E-state index contributed by atoms with van der Waals surface area (Å²) in [7, 11) is -2.16. The maximum absolute atomic E-state index is 13.2. The molecule has 32 heavy (non-hydrogen) atoms. The van der Waals surface area contributed by atoms with Crippen molar-refractivity contribution < 1.29 is 13.2 Å². The maximum atomic E-state index is 13.2. The molecule has 2 aromatic carbocycles. The van der Waals surface area contributed by atoms with E-state index in [1.165, 1.54) is 28.1 Å². The molecule has 0 radical (unpaired) electrons. The lowest BCUT2D eigenvalue weighted by Gasteiger charge is -2.34. The van der Waals surface area contributed by atoms with Crippen molar-refractivity contribution in [2.45, 2.75) is 25.2 Å². The van der Waals surface area contributed by atoms with E-state index in [0.717, 1.165) is 17.2 Å². The molecule has 0 spiro atoms. The number of anilines is 1. The highest BCUT2D eigenvalue weighted by Crippen LogP contribution is 2.31. The normalized spacial score (nSPS) is 15.2. The molecule has 0 bridgehead atoms. The Labute approximate surface area is 202 Å². The Morgan fingerprint density at radius 1 is 1.06 bits per heavy atom. The number of methoxy groups -OCH3 is 1. The van der Waals surface area contributed by atoms with Crippen molar-refractivity contribution in [1.82, 2.24) is 9.29 Å². The summed E-state index contributed by atoms with van der Waals surface area (Å²) in [4.78, 5) is 7.17. The van der Waals surface area contributed by atoms with E-state index >= 15 is 0 Å². The fourth-order valence-electron chi connectivity index (χ4n) is 3.76. The molecule has 0 saturated carbocycles. The van der Waals surface area contributed by atoms with Crippen LogP contribution in [0.25, 0.3) is 0 Å². The quantitative estimate of drug-likeness (QED) is 0.460. The number of piperazine rings is 1. The fraction of sp³-hybridized carbons (Fsp3) is 0.348. The predicted molar refractivity (Wildman–Crippen MR) is 133 cm³/mol. The average Bonchev–Trinajstić information content (AvgIpc) is 3.25. The number of hydrogen-bond acceptors (Lipinski definition) is 6. The summed E-state index contributed by atoms with van der Waals surface area (Å²) < 4.78 is 33.9. The number of ether oxygens (including phenoxy) is 1. The highest BCUT2D eigenvalue weighted by Gasteiger charge is 2.31. The van der Waals surface area contributed by atoms with Crippen LogP contribution in [-0.4, -0.2) is 51.0 Å². The van der Waals surface area contributed by atoms with Gasteiger partial charge in [0.2, 0.25) is 10.0 Å². The molecule has 3 aromatic rings. The number of halogens is 1. The second kappa shape index (κ2) is 9.51. The molecule has 0 aliphatic carbocycles. The zero-order valence-electron chi connectivity index (χ0n) is 18.3. The molecule has 0 N–H and O–H groups in total. The maximum Gasteiger partial charge on any atom is 0.246 e. The molecule has 0 amide bonds. The fourth-order valence-corrected chi connectivity index (χ4v) is 6.75. The van der Waals surface area contributed by atoms with E-state index in [1.54, 1.807) is 29.5 Å². The minimum Gasteiger partial charge on any atom is -0.495 e. The van der Waals surface area contributed by atoms with Crippen LogP contribution < -0.4 is 9.64 Å². The van der Waals surface area contributed by atoms with Gasteiger partial charge < -0.3 is 9.64 Å². The summed E-state index contributed by atoms with van der Waals surface area (Å²) in [5, 5.41) is 3.04. The van der Waals surface area contributed by atoms with Crippen LogP contribution in [0.2, 0.25) is 0 Å². The third kappa shape index (κ3) is 4.85. The minimum atomic E-state index is -3.64. The van der Waals surface area contributed by atoms with Gasteiger partial charge in [0.15, 0.2) is 5.13 Å². The number of rotatable bonds is 6. The smallest absolute Gasteiger partial charge is 0.246 e. The van der Waals surface area contributed by atoms with Gasteiger partial charge in [-0.15, -0.1) is 11.3 Å². The molecule has 1 aromatic heterocycles. The number of sulfonamides is 1. The summed E-state index contributed by atoms with van der Waals surface area (Å²) in [6, 6.07) is 11.6. The second-order valence-corrected chi connectivity index (χ2v) is 11.6. The molecule has 1 aliphatic rings. The van der Waals surface area contributed by atoms with Gasteiger partial charge in [0.1, 0.15) is 10.6 Å². The molecular weight excluding hydrogens is 510 g/mol. The third-order valence-corrected chi connectivity index (χ3v) is 9.11. The van der Waals surface area contributed by atoms with Gasteiger partial charge in [-0.05, 0) is 48.7 Å². The van der Waals surface area contributed by atoms with Crippen LogP contribution in [0.4, 0.5) is 5.13 Å². The Balaban J connectivity index is 1.43. The number of nitrogens with zero attached hydrogens (tertiary/aromatic N) is 3. The van der Waals surface area contributed by atoms with Crippen molar-refractivity contribution in [2.24, 2.45) is 0 Å². The summed E-state index contributed by atoms with van der Waals surface area (Å²) in [6.07, 6.45) is 0.800. The van der Waals surface area contributed by atoms with Crippen LogP contribution in [0.1, 0.15) is 22.4 Å². The van der Waals surface area contributed by atoms with Crippen molar-refractivity contribution >= 4 is 42.4 Å². The molecule has 170 valence electrons. The highest BCUT2D eigenvalue weighted by atomic mass is 79.9. The Morgan fingerprint density at radius 3 is 2.50 bits per heavy atom. The summed E-state index contributed by atoms with van der Waals surface area (Å²) >= 11 is 4.98. The molecule has 6 nitrogen and oxygen atoms in total. The van der Waals surface area contributed by atoms with Gasteiger partial charge in [0.25, 0.3) is 0 Å². The standard InChI is InChI=1S/C23H26BrN3O3S2/c1-16-4-5-18(12-17(16)2)13-20-15-31-23(25-20)26-8-10-27(11-9-26)32(28,29)22-14-19(24)6-7-21(22)30-3/h4-7,12,14-15H,8-11,13H2,1-3H3. The van der Waals surface area contributed by atoms with Crippen molar-refractivity contribution in [2.75, 3.05) is 38.2 Å². The minimum absolute atomic E-state index is 0.188. The lowest BCUT2D eigenvalue weighted by atomic mass is 10.0. The van der Waals surface area contributed by atoms with Crippen LogP contribution in [0.5, 0.6) is 5.75 Å². The van der Waals surface area contributed by atoms with E-state index in [-0.39, 0.29) is 4.90 Å². The molecular formula is C23H26BrN3O3S2. The van der Waals surface area contributed by atoms with E-state index < -0.39 is 10.0 Å². The largest absolute Gasteiger partial charge is 0.495 e. The van der Waals surface area contributed by atoms with Gasteiger partial charge >= 0.3 is 0 Å². The second-order valence-electron chi connectivity index (χ2n) is 7.90. The van der Waals surface area contributed by atoms with Crippen molar-refractivity contribution in [3.05, 3.63) is 68.6 Å². The van der Waals surface area contributed by atoms with E-state index in [0.29, 0.717) is 36.4 Å². The van der Waals surface area contributed by atoms with Gasteiger partial charge in [-0.25, -0.2) is 13.4 Å². The molecule has 1 fully saturated rings. The SMILES string of the molecule is COc1ccc(Br)cc1S(=O)(=O)N1CCN(c2nc(Cc3ccc(C)c(C)c3)cs2)CC1. The lowest BCUT2D eigenvalue weighted by molar-refractivity contribution is 0.374. The Hall–Kier alpha value is -1.94. The summed E-state index contributed by atoms with van der Waals surface area (Å²) in [5.41, 5.74) is 4.88. The van der Waals surface area contributed by atoms with E-state index in [1.807, 2.05) is 0 Å². The number of aryl methyl sites for hydroxylation is 2. The van der Waals surface area contributed by atoms with Crippen molar-refractivity contribution in [3.63, 3.8) is 0 Å². The van der Waals surface area contributed by atoms with E-state index in [4.69, 9.17) is 9.72 Å². The van der Waals surface area contributed by atoms with Gasteiger partial charge in [-0.3, -0.25) is 0 Å². The van der Waals surface area contributed by atoms with E-state index in [9.17, 15) is 8.42 Å². The van der Waals surface area contributed by atoms with Crippen molar-refractivity contribution in [3.8, 4) is 5.75 Å². The summed E-state index contributed by atoms with van der Waals surface area (Å²) in [5.74, 6) is 0.353. The number of benzene rings is 2. The Bertz CT molecular complexity index is 1220. The van der Waals surface area contributed by atoms with Gasteiger partial charge in [-0.1, -0.05) is 34.1 Å². The van der Waals surface area contributed by atoms with Crippen molar-refractivity contribution in [1.29, 1.82) is 0 Å². The number of thiazole rings is 1. The van der Waals surface area contributed by atoms with Crippen LogP contribution >= 0.6 is 27.3 Å². The predicted octanol–water partition coefficient (Wildman–Crippen LogP) is 4.63. The first-order chi connectivity index (χ1) is 15.3. The molecule has 1 aliphatic heterocycles. The molecule has 4 rings (SSSR count). The van der Waals surface area contributed by atoms with Gasteiger partial charge in [-0.2, -0.15) is 4.31 Å². The van der Waals surface area contributed by atoms with Gasteiger partial charge in [0.05, 0.1) is 12.8 Å².